The van der Waals surface area contributed by atoms with Crippen molar-refractivity contribution in [2.24, 2.45) is 5.92 Å². The number of nitrogens with one attached hydrogen (secondary N) is 1. The number of aliphatic hydroxyl groups is 1. The van der Waals surface area contributed by atoms with Crippen LogP contribution in [0.4, 0.5) is 0 Å². The molecule has 2 heterocycles. The average molecular weight is 446 g/mol. The number of hydrogen-bond acceptors (Lipinski definition) is 4. The zero-order valence-corrected chi connectivity index (χ0v) is 19.5. The molecule has 6 heteroatoms. The molecule has 2 atom stereocenters. The lowest BCUT2D eigenvalue weighted by molar-refractivity contribution is -0.121. The van der Waals surface area contributed by atoms with E-state index in [4.69, 9.17) is 9.72 Å². The van der Waals surface area contributed by atoms with Crippen LogP contribution in [0.1, 0.15) is 53.0 Å². The van der Waals surface area contributed by atoms with E-state index < -0.39 is 0 Å². The van der Waals surface area contributed by atoms with Crippen LogP contribution in [-0.2, 0) is 37.2 Å². The number of carbonyl (C=O) groups excluding carboxylic acids is 1. The van der Waals surface area contributed by atoms with Crippen molar-refractivity contribution in [2.75, 3.05) is 7.11 Å². The summed E-state index contributed by atoms with van der Waals surface area (Å²) in [7, 11) is 1.60. The summed E-state index contributed by atoms with van der Waals surface area (Å²) in [6.07, 6.45) is 5.56. The van der Waals surface area contributed by atoms with Crippen molar-refractivity contribution in [3.05, 3.63) is 70.2 Å². The molecule has 3 aromatic rings. The number of carbonyl (C=O) groups is 1. The molecule has 0 bridgehead atoms. The van der Waals surface area contributed by atoms with Gasteiger partial charge in [-0.05, 0) is 54.0 Å². The van der Waals surface area contributed by atoms with Crippen LogP contribution >= 0.6 is 0 Å². The minimum atomic E-state index is -0.0485. The Kier molecular flexibility index (Phi) is 5.71. The van der Waals surface area contributed by atoms with E-state index in [2.05, 4.69) is 41.2 Å². The minimum Gasteiger partial charge on any atom is -0.496 e. The number of nitrogens with zero attached hydrogens (tertiary/aromatic N) is 2. The molecule has 0 unspecified atom stereocenters. The second-order valence-corrected chi connectivity index (χ2v) is 9.36. The molecule has 2 aromatic carbocycles. The van der Waals surface area contributed by atoms with Gasteiger partial charge in [0.05, 0.1) is 31.9 Å². The lowest BCUT2D eigenvalue weighted by Crippen LogP contribution is -2.31. The summed E-state index contributed by atoms with van der Waals surface area (Å²) in [6, 6.07) is 10.3. The van der Waals surface area contributed by atoms with Gasteiger partial charge >= 0.3 is 0 Å². The molecule has 6 nitrogen and oxygen atoms in total. The first-order chi connectivity index (χ1) is 16.0. The van der Waals surface area contributed by atoms with Crippen molar-refractivity contribution in [1.82, 2.24) is 14.9 Å². The molecular formula is C27H31N3O3. The van der Waals surface area contributed by atoms with Crippen molar-refractivity contribution in [3.63, 3.8) is 0 Å². The standard InChI is InChI=1S/C27H31N3O3/c1-16-11-18-6-7-19(23-14-30-10-4-5-24(30)28-23)12-22(18)26(16)29-25(32)13-20-8-9-21(15-31)17(2)27(20)33-3/h6-9,12,14,16,26,31H,4-5,10-11,13,15H2,1-3H3,(H,29,32)/t16-,26-/m1/s1. The second-order valence-electron chi connectivity index (χ2n) is 9.36. The Morgan fingerprint density at radius 3 is 2.85 bits per heavy atom. The minimum absolute atomic E-state index is 0.0225. The van der Waals surface area contributed by atoms with Crippen LogP contribution in [0.5, 0.6) is 5.75 Å². The van der Waals surface area contributed by atoms with E-state index in [1.807, 2.05) is 19.1 Å². The molecule has 0 spiro atoms. The molecule has 0 radical (unpaired) electrons. The summed E-state index contributed by atoms with van der Waals surface area (Å²) in [4.78, 5) is 17.9. The number of benzene rings is 2. The lowest BCUT2D eigenvalue weighted by Gasteiger charge is -2.20. The van der Waals surface area contributed by atoms with Crippen LogP contribution in [0.15, 0.2) is 36.5 Å². The number of aliphatic hydroxyl groups excluding tert-OH is 1. The predicted octanol–water partition coefficient (Wildman–Crippen LogP) is 3.90. The Morgan fingerprint density at radius 2 is 2.09 bits per heavy atom. The Hall–Kier alpha value is -3.12. The predicted molar refractivity (Wildman–Crippen MR) is 127 cm³/mol. The normalized spacial score (nSPS) is 18.8. The van der Waals surface area contributed by atoms with E-state index in [1.165, 1.54) is 23.4 Å². The maximum absolute atomic E-state index is 13.1. The smallest absolute Gasteiger partial charge is 0.225 e. The van der Waals surface area contributed by atoms with E-state index in [0.717, 1.165) is 47.3 Å². The van der Waals surface area contributed by atoms with Gasteiger partial charge < -0.3 is 19.7 Å². The summed E-state index contributed by atoms with van der Waals surface area (Å²) < 4.78 is 7.81. The number of aryl methyl sites for hydroxylation is 2. The Morgan fingerprint density at radius 1 is 1.27 bits per heavy atom. The molecule has 2 N–H and O–H groups in total. The highest BCUT2D eigenvalue weighted by Crippen LogP contribution is 2.38. The molecule has 1 aliphatic carbocycles. The van der Waals surface area contributed by atoms with Gasteiger partial charge in [-0.15, -0.1) is 0 Å². The fourth-order valence-electron chi connectivity index (χ4n) is 5.40. The average Bonchev–Trinajstić information content (AvgIpc) is 3.48. The maximum Gasteiger partial charge on any atom is 0.225 e. The summed E-state index contributed by atoms with van der Waals surface area (Å²) in [5.41, 5.74) is 7.14. The Labute approximate surface area is 194 Å². The first-order valence-corrected chi connectivity index (χ1v) is 11.7. The summed E-state index contributed by atoms with van der Waals surface area (Å²) in [5, 5.41) is 12.8. The summed E-state index contributed by atoms with van der Waals surface area (Å²) in [5.74, 6) is 2.14. The topological polar surface area (TPSA) is 76.4 Å². The van der Waals surface area contributed by atoms with Gasteiger partial charge in [-0.25, -0.2) is 4.98 Å². The van der Waals surface area contributed by atoms with Crippen LogP contribution in [0.2, 0.25) is 0 Å². The zero-order chi connectivity index (χ0) is 23.1. The molecule has 0 saturated carbocycles. The number of ether oxygens (including phenoxy) is 1. The molecule has 0 fully saturated rings. The van der Waals surface area contributed by atoms with Crippen molar-refractivity contribution >= 4 is 5.91 Å². The molecule has 172 valence electrons. The molecule has 33 heavy (non-hydrogen) atoms. The number of imidazole rings is 1. The monoisotopic (exact) mass is 445 g/mol. The van der Waals surface area contributed by atoms with Gasteiger partial charge in [0.15, 0.2) is 0 Å². The third kappa shape index (κ3) is 3.93. The van der Waals surface area contributed by atoms with Gasteiger partial charge in [0.2, 0.25) is 5.91 Å². The Balaban J connectivity index is 1.37. The first-order valence-electron chi connectivity index (χ1n) is 11.7. The van der Waals surface area contributed by atoms with Crippen molar-refractivity contribution in [3.8, 4) is 17.0 Å². The van der Waals surface area contributed by atoms with Gasteiger partial charge in [-0.1, -0.05) is 31.2 Å². The van der Waals surface area contributed by atoms with Crippen molar-refractivity contribution < 1.29 is 14.6 Å². The van der Waals surface area contributed by atoms with Gasteiger partial charge in [0, 0.05) is 30.3 Å². The number of hydrogen-bond donors (Lipinski definition) is 2. The van der Waals surface area contributed by atoms with E-state index in [1.54, 1.807) is 7.11 Å². The third-order valence-corrected chi connectivity index (χ3v) is 7.19. The molecular weight excluding hydrogens is 414 g/mol. The molecule has 1 amide bonds. The van der Waals surface area contributed by atoms with Crippen molar-refractivity contribution in [1.29, 1.82) is 0 Å². The summed E-state index contributed by atoms with van der Waals surface area (Å²) in [6.45, 7) is 5.10. The quantitative estimate of drug-likeness (QED) is 0.603. The lowest BCUT2D eigenvalue weighted by atomic mass is 9.99. The SMILES string of the molecule is COc1c(CC(=O)N[C@H]2c3cc(-c4cn5c(n4)CCC5)ccc3C[C@H]2C)ccc(CO)c1C. The van der Waals surface area contributed by atoms with Crippen LogP contribution < -0.4 is 10.1 Å². The molecule has 2 aliphatic rings. The van der Waals surface area contributed by atoms with Crippen molar-refractivity contribution in [2.45, 2.75) is 58.7 Å². The van der Waals surface area contributed by atoms with E-state index >= 15 is 0 Å². The fraction of sp³-hybridized carbons (Fsp3) is 0.407. The van der Waals surface area contributed by atoms with Crippen LogP contribution in [-0.4, -0.2) is 27.7 Å². The highest BCUT2D eigenvalue weighted by Gasteiger charge is 2.31. The van der Waals surface area contributed by atoms with Gasteiger partial charge in [-0.2, -0.15) is 0 Å². The van der Waals surface area contributed by atoms with Gasteiger partial charge in [0.25, 0.3) is 0 Å². The first kappa shape index (κ1) is 21.7. The maximum atomic E-state index is 13.1. The molecule has 5 rings (SSSR count). The van der Waals surface area contributed by atoms with Gasteiger partial charge in [-0.3, -0.25) is 4.79 Å². The van der Waals surface area contributed by atoms with Crippen LogP contribution in [0.25, 0.3) is 11.3 Å². The molecule has 1 aliphatic heterocycles. The van der Waals surface area contributed by atoms with E-state index in [9.17, 15) is 9.90 Å². The van der Waals surface area contributed by atoms with Crippen LogP contribution in [0, 0.1) is 12.8 Å². The zero-order valence-electron chi connectivity index (χ0n) is 19.5. The third-order valence-electron chi connectivity index (χ3n) is 7.19. The molecule has 0 saturated heterocycles. The highest BCUT2D eigenvalue weighted by atomic mass is 16.5. The van der Waals surface area contributed by atoms with Crippen LogP contribution in [0.3, 0.4) is 0 Å². The largest absolute Gasteiger partial charge is 0.496 e. The number of methoxy groups -OCH3 is 1. The van der Waals surface area contributed by atoms with E-state index in [0.29, 0.717) is 11.7 Å². The number of amides is 1. The highest BCUT2D eigenvalue weighted by molar-refractivity contribution is 5.80. The fourth-order valence-corrected chi connectivity index (χ4v) is 5.40. The summed E-state index contributed by atoms with van der Waals surface area (Å²) >= 11 is 0. The molecule has 1 aromatic heterocycles. The number of fused-ring (bicyclic) bond motifs is 2. The number of aromatic nitrogens is 2. The van der Waals surface area contributed by atoms with E-state index in [-0.39, 0.29) is 25.0 Å². The Bertz CT molecular complexity index is 1190. The number of rotatable bonds is 6. The van der Waals surface area contributed by atoms with Gasteiger partial charge in [0.1, 0.15) is 11.6 Å². The second kappa shape index (κ2) is 8.67.